The van der Waals surface area contributed by atoms with Gasteiger partial charge in [-0.15, -0.1) is 11.6 Å². The van der Waals surface area contributed by atoms with Gasteiger partial charge in [0.2, 0.25) is 0 Å². The van der Waals surface area contributed by atoms with E-state index in [-0.39, 0.29) is 21.7 Å². The van der Waals surface area contributed by atoms with Crippen molar-refractivity contribution < 1.29 is 13.7 Å². The summed E-state index contributed by atoms with van der Waals surface area (Å²) in [5.41, 5.74) is -1.09. The first-order valence-corrected chi connectivity index (χ1v) is 4.98. The zero-order valence-electron chi connectivity index (χ0n) is 7.08. The van der Waals surface area contributed by atoms with Gasteiger partial charge in [-0.1, -0.05) is 0 Å². The van der Waals surface area contributed by atoms with E-state index in [1.54, 1.807) is 0 Å². The molecule has 0 aromatic carbocycles. The van der Waals surface area contributed by atoms with Crippen LogP contribution in [0.15, 0.2) is 10.5 Å². The van der Waals surface area contributed by atoms with E-state index < -0.39 is 17.0 Å². The molecule has 0 aliphatic heterocycles. The van der Waals surface area contributed by atoms with Gasteiger partial charge in [0.05, 0.1) is 15.3 Å². The summed E-state index contributed by atoms with van der Waals surface area (Å²) in [5.74, 6) is -0.288. The third kappa shape index (κ3) is 2.60. The van der Waals surface area contributed by atoms with Gasteiger partial charge in [-0.2, -0.15) is 0 Å². The third-order valence-electron chi connectivity index (χ3n) is 1.59. The summed E-state index contributed by atoms with van der Waals surface area (Å²) in [6.45, 7) is 0. The molecule has 0 fully saturated rings. The van der Waals surface area contributed by atoms with Crippen LogP contribution in [0.1, 0.15) is 17.8 Å². The van der Waals surface area contributed by atoms with Crippen molar-refractivity contribution in [3.63, 3.8) is 0 Å². The van der Waals surface area contributed by atoms with E-state index in [0.717, 1.165) is 6.07 Å². The summed E-state index contributed by atoms with van der Waals surface area (Å²) in [6.07, 6.45) is -2.80. The molecule has 82 valence electrons. The highest BCUT2D eigenvalue weighted by Gasteiger charge is 2.22. The minimum atomic E-state index is -2.80. The molecule has 4 nitrogen and oxygen atoms in total. The predicted molar refractivity (Wildman–Crippen MR) is 53.1 cm³/mol. The molecule has 0 radical (unpaired) electrons. The maximum atomic E-state index is 12.4. The molecule has 0 atom stereocenters. The summed E-state index contributed by atoms with van der Waals surface area (Å²) in [4.78, 5) is 13.2. The van der Waals surface area contributed by atoms with Crippen molar-refractivity contribution in [3.05, 3.63) is 32.0 Å². The van der Waals surface area contributed by atoms with E-state index in [0.29, 0.717) is 0 Å². The fraction of sp³-hybridized carbons (Fsp3) is 0.286. The molecule has 0 aliphatic rings. The van der Waals surface area contributed by atoms with Crippen LogP contribution in [0.25, 0.3) is 0 Å². The van der Waals surface area contributed by atoms with Gasteiger partial charge in [0.1, 0.15) is 11.4 Å². The number of alkyl halides is 3. The SMILES string of the molecule is O=[N+]([O-])c1cc(Br)c(C(F)F)nc1CCl. The van der Waals surface area contributed by atoms with Crippen molar-refractivity contribution in [1.82, 2.24) is 4.98 Å². The smallest absolute Gasteiger partial charge is 0.258 e. The molecule has 1 aromatic rings. The highest BCUT2D eigenvalue weighted by Crippen LogP contribution is 2.31. The van der Waals surface area contributed by atoms with Crippen molar-refractivity contribution in [1.29, 1.82) is 0 Å². The van der Waals surface area contributed by atoms with Crippen molar-refractivity contribution in [2.24, 2.45) is 0 Å². The Hall–Kier alpha value is -0.820. The Bertz CT molecular complexity index is 403. The Morgan fingerprint density at radius 2 is 2.27 bits per heavy atom. The second-order valence-corrected chi connectivity index (χ2v) is 3.63. The lowest BCUT2D eigenvalue weighted by molar-refractivity contribution is -0.385. The quantitative estimate of drug-likeness (QED) is 0.488. The minimum Gasteiger partial charge on any atom is -0.258 e. The van der Waals surface area contributed by atoms with E-state index in [9.17, 15) is 18.9 Å². The van der Waals surface area contributed by atoms with Crippen LogP contribution in [0.2, 0.25) is 0 Å². The summed E-state index contributed by atoms with van der Waals surface area (Å²) in [7, 11) is 0. The summed E-state index contributed by atoms with van der Waals surface area (Å²) in [5, 5.41) is 10.5. The van der Waals surface area contributed by atoms with Gasteiger partial charge >= 0.3 is 0 Å². The number of pyridine rings is 1. The van der Waals surface area contributed by atoms with Crippen molar-refractivity contribution >= 4 is 33.2 Å². The topological polar surface area (TPSA) is 56.0 Å². The van der Waals surface area contributed by atoms with Gasteiger partial charge in [0, 0.05) is 6.07 Å². The maximum Gasteiger partial charge on any atom is 0.293 e. The first-order valence-electron chi connectivity index (χ1n) is 3.65. The lowest BCUT2D eigenvalue weighted by Gasteiger charge is -2.05. The highest BCUT2D eigenvalue weighted by molar-refractivity contribution is 9.10. The van der Waals surface area contributed by atoms with Crippen LogP contribution >= 0.6 is 27.5 Å². The normalized spacial score (nSPS) is 10.7. The maximum absolute atomic E-state index is 12.4. The fourth-order valence-electron chi connectivity index (χ4n) is 0.943. The minimum absolute atomic E-state index is 0.0990. The van der Waals surface area contributed by atoms with Crippen LogP contribution in [0, 0.1) is 10.1 Å². The van der Waals surface area contributed by atoms with Gasteiger partial charge in [-0.05, 0) is 15.9 Å². The van der Waals surface area contributed by atoms with Gasteiger partial charge < -0.3 is 0 Å². The van der Waals surface area contributed by atoms with Crippen LogP contribution in [0.4, 0.5) is 14.5 Å². The molecule has 0 saturated carbocycles. The molecule has 1 heterocycles. The van der Waals surface area contributed by atoms with Crippen molar-refractivity contribution in [2.45, 2.75) is 12.3 Å². The number of nitrogens with zero attached hydrogens (tertiary/aromatic N) is 2. The summed E-state index contributed by atoms with van der Waals surface area (Å²) in [6, 6.07) is 0.978. The number of rotatable bonds is 3. The highest BCUT2D eigenvalue weighted by atomic mass is 79.9. The molecule has 0 N–H and O–H groups in total. The van der Waals surface area contributed by atoms with Gasteiger partial charge in [0.25, 0.3) is 12.1 Å². The average Bonchev–Trinajstić information content (AvgIpc) is 2.16. The van der Waals surface area contributed by atoms with E-state index >= 15 is 0 Å². The Balaban J connectivity index is 3.35. The second-order valence-electron chi connectivity index (χ2n) is 2.51. The molecule has 0 spiro atoms. The van der Waals surface area contributed by atoms with Crippen LogP contribution in [-0.2, 0) is 5.88 Å². The molecule has 0 bridgehead atoms. The Morgan fingerprint density at radius 1 is 1.67 bits per heavy atom. The Morgan fingerprint density at radius 3 is 2.67 bits per heavy atom. The molecular formula is C7H4BrClF2N2O2. The summed E-state index contributed by atoms with van der Waals surface area (Å²) >= 11 is 8.17. The lowest BCUT2D eigenvalue weighted by Crippen LogP contribution is -2.01. The molecule has 0 amide bonds. The predicted octanol–water partition coefficient (Wildman–Crippen LogP) is 3.43. The number of hydrogen-bond donors (Lipinski definition) is 0. The van der Waals surface area contributed by atoms with E-state index in [1.165, 1.54) is 0 Å². The molecule has 0 unspecified atom stereocenters. The molecule has 15 heavy (non-hydrogen) atoms. The number of hydrogen-bond acceptors (Lipinski definition) is 3. The van der Waals surface area contributed by atoms with E-state index in [1.807, 2.05) is 0 Å². The Labute approximate surface area is 96.5 Å². The molecule has 8 heteroatoms. The van der Waals surface area contributed by atoms with Gasteiger partial charge in [-0.3, -0.25) is 10.1 Å². The molecule has 1 aromatic heterocycles. The molecule has 0 aliphatic carbocycles. The monoisotopic (exact) mass is 300 g/mol. The van der Waals surface area contributed by atoms with Crippen LogP contribution < -0.4 is 0 Å². The third-order valence-corrected chi connectivity index (χ3v) is 2.48. The zero-order chi connectivity index (χ0) is 11.6. The van der Waals surface area contributed by atoms with E-state index in [2.05, 4.69) is 20.9 Å². The van der Waals surface area contributed by atoms with Crippen LogP contribution in [0.3, 0.4) is 0 Å². The summed E-state index contributed by atoms with van der Waals surface area (Å²) < 4.78 is 24.6. The first-order chi connectivity index (χ1) is 6.97. The van der Waals surface area contributed by atoms with Gasteiger partial charge in [-0.25, -0.2) is 13.8 Å². The van der Waals surface area contributed by atoms with E-state index in [4.69, 9.17) is 11.6 Å². The van der Waals surface area contributed by atoms with Crippen LogP contribution in [0.5, 0.6) is 0 Å². The molecule has 1 rings (SSSR count). The van der Waals surface area contributed by atoms with Gasteiger partial charge in [0.15, 0.2) is 0 Å². The average molecular weight is 301 g/mol. The lowest BCUT2D eigenvalue weighted by atomic mass is 10.2. The standard InChI is InChI=1S/C7H4BrClF2N2O2/c8-3-1-5(13(14)15)4(2-9)12-6(3)7(10)11/h1,7H,2H2. The zero-order valence-corrected chi connectivity index (χ0v) is 9.43. The second kappa shape index (κ2) is 4.80. The number of nitro groups is 1. The largest absolute Gasteiger partial charge is 0.293 e. The molecular weight excluding hydrogens is 297 g/mol. The van der Waals surface area contributed by atoms with Crippen LogP contribution in [-0.4, -0.2) is 9.91 Å². The Kier molecular flexibility index (Phi) is 3.92. The first kappa shape index (κ1) is 12.3. The number of aromatic nitrogens is 1. The number of halogens is 4. The van der Waals surface area contributed by atoms with Crippen molar-refractivity contribution in [2.75, 3.05) is 0 Å². The fourth-order valence-corrected chi connectivity index (χ4v) is 1.62. The van der Waals surface area contributed by atoms with Crippen molar-refractivity contribution in [3.8, 4) is 0 Å². The molecule has 0 saturated heterocycles.